The lowest BCUT2D eigenvalue weighted by Crippen LogP contribution is -2.21. The first-order valence-corrected chi connectivity index (χ1v) is 9.94. The zero-order valence-corrected chi connectivity index (χ0v) is 17.8. The lowest BCUT2D eigenvalue weighted by atomic mass is 10.0. The van der Waals surface area contributed by atoms with Crippen molar-refractivity contribution < 1.29 is 37.0 Å². The number of halogens is 4. The van der Waals surface area contributed by atoms with Crippen LogP contribution in [0.5, 0.6) is 5.75 Å². The number of benzene rings is 3. The highest BCUT2D eigenvalue weighted by molar-refractivity contribution is 5.94. The number of ether oxygens (including phenoxy) is 1. The number of nitrogens with two attached hydrogens (primary N) is 1. The summed E-state index contributed by atoms with van der Waals surface area (Å²) in [7, 11) is 0. The first-order valence-electron chi connectivity index (χ1n) is 9.94. The summed E-state index contributed by atoms with van der Waals surface area (Å²) in [4.78, 5) is 20.2. The summed E-state index contributed by atoms with van der Waals surface area (Å²) in [6.07, 6.45) is -5.08. The van der Waals surface area contributed by atoms with E-state index in [0.29, 0.717) is 25.3 Å². The molecular formula is C24H22F4N2O4. The summed E-state index contributed by atoms with van der Waals surface area (Å²) in [5.74, 6) is -2.67. The van der Waals surface area contributed by atoms with Crippen LogP contribution in [0.25, 0.3) is 11.1 Å². The number of rotatable bonds is 8. The van der Waals surface area contributed by atoms with Gasteiger partial charge in [-0.05, 0) is 53.1 Å². The number of carbonyl (C=O) groups is 2. The molecule has 10 heteroatoms. The van der Waals surface area contributed by atoms with Crippen LogP contribution in [-0.4, -0.2) is 36.3 Å². The molecule has 0 saturated carbocycles. The van der Waals surface area contributed by atoms with Gasteiger partial charge < -0.3 is 20.9 Å². The van der Waals surface area contributed by atoms with E-state index in [1.54, 1.807) is 18.2 Å². The summed E-state index contributed by atoms with van der Waals surface area (Å²) in [6, 6.07) is 21.4. The molecule has 6 nitrogen and oxygen atoms in total. The summed E-state index contributed by atoms with van der Waals surface area (Å²) in [6.45, 7) is 1.75. The highest BCUT2D eigenvalue weighted by atomic mass is 19.4. The van der Waals surface area contributed by atoms with E-state index in [-0.39, 0.29) is 5.82 Å². The maximum Gasteiger partial charge on any atom is 0.490 e. The Kier molecular flexibility index (Phi) is 9.57. The van der Waals surface area contributed by atoms with Gasteiger partial charge in [0.2, 0.25) is 5.91 Å². The molecule has 0 atom stereocenters. The second-order valence-electron chi connectivity index (χ2n) is 6.93. The highest BCUT2D eigenvalue weighted by Gasteiger charge is 2.38. The largest absolute Gasteiger partial charge is 0.492 e. The summed E-state index contributed by atoms with van der Waals surface area (Å²) in [5.41, 5.74) is 8.62. The third-order valence-corrected chi connectivity index (χ3v) is 4.34. The first kappa shape index (κ1) is 26.3. The Morgan fingerprint density at radius 1 is 0.941 bits per heavy atom. The smallest absolute Gasteiger partial charge is 0.490 e. The number of primary amides is 1. The fourth-order valence-electron chi connectivity index (χ4n) is 2.72. The SMILES string of the molecule is NC(=O)c1cccc(-c2ccc(OCCNCc3cccc(F)c3)cc2)c1.O=C(O)C(F)(F)F. The van der Waals surface area contributed by atoms with Gasteiger partial charge in [-0.1, -0.05) is 36.4 Å². The van der Waals surface area contributed by atoms with E-state index in [9.17, 15) is 22.4 Å². The molecule has 0 aliphatic rings. The van der Waals surface area contributed by atoms with Crippen LogP contribution in [0.4, 0.5) is 17.6 Å². The lowest BCUT2D eigenvalue weighted by molar-refractivity contribution is -0.192. The average molecular weight is 478 g/mol. The Bertz CT molecular complexity index is 1100. The van der Waals surface area contributed by atoms with E-state index >= 15 is 0 Å². The molecule has 0 bridgehead atoms. The summed E-state index contributed by atoms with van der Waals surface area (Å²) in [5, 5.41) is 10.3. The number of hydrogen-bond acceptors (Lipinski definition) is 4. The van der Waals surface area contributed by atoms with Gasteiger partial charge in [0.15, 0.2) is 0 Å². The monoisotopic (exact) mass is 478 g/mol. The number of carbonyl (C=O) groups excluding carboxylic acids is 1. The van der Waals surface area contributed by atoms with Crippen molar-refractivity contribution in [3.05, 3.63) is 89.7 Å². The molecule has 0 unspecified atom stereocenters. The number of amides is 1. The van der Waals surface area contributed by atoms with Gasteiger partial charge in [0.25, 0.3) is 0 Å². The van der Waals surface area contributed by atoms with E-state index in [1.165, 1.54) is 12.1 Å². The van der Waals surface area contributed by atoms with Gasteiger partial charge in [-0.25, -0.2) is 9.18 Å². The Morgan fingerprint density at radius 3 is 2.18 bits per heavy atom. The molecule has 0 radical (unpaired) electrons. The van der Waals surface area contributed by atoms with Crippen LogP contribution >= 0.6 is 0 Å². The van der Waals surface area contributed by atoms with Gasteiger partial charge in [-0.15, -0.1) is 0 Å². The van der Waals surface area contributed by atoms with Gasteiger partial charge in [-0.3, -0.25) is 4.79 Å². The molecule has 3 rings (SSSR count). The number of hydrogen-bond donors (Lipinski definition) is 3. The molecule has 0 aliphatic carbocycles. The second-order valence-corrected chi connectivity index (χ2v) is 6.93. The van der Waals surface area contributed by atoms with Gasteiger partial charge in [0.1, 0.15) is 18.2 Å². The van der Waals surface area contributed by atoms with Crippen LogP contribution in [0.3, 0.4) is 0 Å². The van der Waals surface area contributed by atoms with Crippen LogP contribution in [0.15, 0.2) is 72.8 Å². The fourth-order valence-corrected chi connectivity index (χ4v) is 2.72. The van der Waals surface area contributed by atoms with Crippen molar-refractivity contribution in [3.8, 4) is 16.9 Å². The van der Waals surface area contributed by atoms with Crippen LogP contribution in [0.1, 0.15) is 15.9 Å². The zero-order valence-electron chi connectivity index (χ0n) is 17.8. The predicted molar refractivity (Wildman–Crippen MR) is 118 cm³/mol. The Balaban J connectivity index is 0.000000509. The molecule has 3 aromatic rings. The Morgan fingerprint density at radius 2 is 1.59 bits per heavy atom. The van der Waals surface area contributed by atoms with Gasteiger partial charge in [0.05, 0.1) is 0 Å². The lowest BCUT2D eigenvalue weighted by Gasteiger charge is -2.09. The van der Waals surface area contributed by atoms with E-state index in [2.05, 4.69) is 5.32 Å². The molecular weight excluding hydrogens is 456 g/mol. The normalized spacial score (nSPS) is 10.7. The van der Waals surface area contributed by atoms with Crippen LogP contribution in [-0.2, 0) is 11.3 Å². The van der Waals surface area contributed by atoms with E-state index in [0.717, 1.165) is 22.4 Å². The van der Waals surface area contributed by atoms with E-state index < -0.39 is 18.1 Å². The maximum absolute atomic E-state index is 13.1. The van der Waals surface area contributed by atoms with Crippen molar-refractivity contribution in [2.24, 2.45) is 5.73 Å². The number of aliphatic carboxylic acids is 1. The van der Waals surface area contributed by atoms with Gasteiger partial charge >= 0.3 is 12.1 Å². The zero-order chi connectivity index (χ0) is 25.1. The Labute approximate surface area is 193 Å². The number of nitrogens with one attached hydrogen (secondary N) is 1. The number of carboxylic acids is 1. The minimum atomic E-state index is -5.08. The average Bonchev–Trinajstić information content (AvgIpc) is 2.79. The summed E-state index contributed by atoms with van der Waals surface area (Å²) < 4.78 is 50.6. The fraction of sp³-hybridized carbons (Fsp3) is 0.167. The molecule has 0 aliphatic heterocycles. The Hall–Kier alpha value is -3.92. The maximum atomic E-state index is 13.1. The highest BCUT2D eigenvalue weighted by Crippen LogP contribution is 2.23. The molecule has 4 N–H and O–H groups in total. The molecule has 1 amide bonds. The molecule has 0 heterocycles. The van der Waals surface area contributed by atoms with Crippen LogP contribution < -0.4 is 15.8 Å². The molecule has 3 aromatic carbocycles. The molecule has 180 valence electrons. The second kappa shape index (κ2) is 12.4. The van der Waals surface area contributed by atoms with Crippen molar-refractivity contribution in [1.82, 2.24) is 5.32 Å². The third kappa shape index (κ3) is 8.91. The first-order chi connectivity index (χ1) is 16.1. The van der Waals surface area contributed by atoms with Gasteiger partial charge in [-0.2, -0.15) is 13.2 Å². The van der Waals surface area contributed by atoms with Crippen molar-refractivity contribution in [2.75, 3.05) is 13.2 Å². The topological polar surface area (TPSA) is 102 Å². The number of carboxylic acid groups (broad SMARTS) is 1. The molecule has 0 fully saturated rings. The minimum absolute atomic E-state index is 0.230. The molecule has 34 heavy (non-hydrogen) atoms. The van der Waals surface area contributed by atoms with E-state index in [1.807, 2.05) is 42.5 Å². The minimum Gasteiger partial charge on any atom is -0.492 e. The van der Waals surface area contributed by atoms with Crippen molar-refractivity contribution in [2.45, 2.75) is 12.7 Å². The standard InChI is InChI=1S/C22H21FN2O2.C2HF3O2/c23-20-6-1-3-16(13-20)15-25-11-12-27-21-9-7-17(8-10-21)18-4-2-5-19(14-18)22(24)26;3-2(4,5)1(6)7/h1-10,13-14,25H,11-12,15H2,(H2,24,26);(H,6,7). The van der Waals surface area contributed by atoms with Crippen molar-refractivity contribution >= 4 is 11.9 Å². The van der Waals surface area contributed by atoms with Crippen LogP contribution in [0, 0.1) is 5.82 Å². The quantitative estimate of drug-likeness (QED) is 0.329. The molecule has 0 saturated heterocycles. The molecule has 0 aromatic heterocycles. The molecule has 0 spiro atoms. The van der Waals surface area contributed by atoms with Gasteiger partial charge in [0, 0.05) is 18.7 Å². The predicted octanol–water partition coefficient (Wildman–Crippen LogP) is 4.39. The van der Waals surface area contributed by atoms with Crippen molar-refractivity contribution in [3.63, 3.8) is 0 Å². The third-order valence-electron chi connectivity index (χ3n) is 4.34. The van der Waals surface area contributed by atoms with E-state index in [4.69, 9.17) is 20.4 Å². The van der Waals surface area contributed by atoms with Crippen molar-refractivity contribution in [1.29, 1.82) is 0 Å². The summed E-state index contributed by atoms with van der Waals surface area (Å²) >= 11 is 0. The number of alkyl halides is 3. The van der Waals surface area contributed by atoms with Crippen LogP contribution in [0.2, 0.25) is 0 Å².